The summed E-state index contributed by atoms with van der Waals surface area (Å²) in [4.78, 5) is 20.7. The third-order valence-corrected chi connectivity index (χ3v) is 5.79. The zero-order valence-corrected chi connectivity index (χ0v) is 18.8. The Labute approximate surface area is 196 Å². The molecule has 0 unspecified atom stereocenters. The third kappa shape index (κ3) is 3.61. The van der Waals surface area contributed by atoms with Crippen molar-refractivity contribution < 1.29 is 4.79 Å². The summed E-state index contributed by atoms with van der Waals surface area (Å²) in [6.07, 6.45) is 3.20. The SMILES string of the molecule is C=C(C)C(=O)Nc1ccc(-c2c(-c3ccc(-c4ccn[nH]4)cc3)c3c(N)ncnc3n2C)cc1. The molecule has 0 bridgehead atoms. The number of aryl methyl sites for hydroxylation is 1. The van der Waals surface area contributed by atoms with Gasteiger partial charge in [0.05, 0.1) is 16.8 Å². The van der Waals surface area contributed by atoms with Crippen LogP contribution in [0.2, 0.25) is 0 Å². The monoisotopic (exact) mass is 449 g/mol. The van der Waals surface area contributed by atoms with Gasteiger partial charge < -0.3 is 15.6 Å². The normalized spacial score (nSPS) is 11.0. The van der Waals surface area contributed by atoms with E-state index in [9.17, 15) is 4.79 Å². The van der Waals surface area contributed by atoms with Crippen LogP contribution in [0.4, 0.5) is 11.5 Å². The van der Waals surface area contributed by atoms with Crippen LogP contribution in [0.1, 0.15) is 6.92 Å². The predicted octanol–water partition coefficient (Wildman–Crippen LogP) is 4.79. The van der Waals surface area contributed by atoms with Gasteiger partial charge in [0.25, 0.3) is 5.91 Å². The smallest absolute Gasteiger partial charge is 0.250 e. The molecular formula is C26H23N7O. The molecule has 3 heterocycles. The van der Waals surface area contributed by atoms with Crippen LogP contribution in [0.3, 0.4) is 0 Å². The van der Waals surface area contributed by atoms with Crippen molar-refractivity contribution in [1.82, 2.24) is 24.7 Å². The number of anilines is 2. The molecule has 4 N–H and O–H groups in total. The van der Waals surface area contributed by atoms with Crippen molar-refractivity contribution in [3.8, 4) is 33.6 Å². The Balaban J connectivity index is 1.65. The van der Waals surface area contributed by atoms with Gasteiger partial charge in [-0.1, -0.05) is 43.0 Å². The number of amides is 1. The van der Waals surface area contributed by atoms with Gasteiger partial charge in [0.1, 0.15) is 17.8 Å². The highest BCUT2D eigenvalue weighted by atomic mass is 16.1. The summed E-state index contributed by atoms with van der Waals surface area (Å²) in [6.45, 7) is 5.36. The fourth-order valence-corrected chi connectivity index (χ4v) is 4.08. The minimum atomic E-state index is -0.210. The van der Waals surface area contributed by atoms with E-state index < -0.39 is 0 Å². The standard InChI is InChI=1S/C26H23N7O/c1-15(2)26(34)31-19-10-8-18(9-11-19)23-21(22-24(27)28-14-29-25(22)33(23)3)17-6-4-16(5-7-17)20-12-13-30-32-20/h4-14H,1H2,2-3H3,(H,30,32)(H,31,34)(H2,27,28,29). The van der Waals surface area contributed by atoms with Gasteiger partial charge >= 0.3 is 0 Å². The van der Waals surface area contributed by atoms with Gasteiger partial charge in [0.2, 0.25) is 0 Å². The van der Waals surface area contributed by atoms with Crippen LogP contribution in [0.5, 0.6) is 0 Å². The van der Waals surface area contributed by atoms with Gasteiger partial charge in [0.15, 0.2) is 0 Å². The Kier molecular flexibility index (Phi) is 5.18. The number of fused-ring (bicyclic) bond motifs is 1. The van der Waals surface area contributed by atoms with Crippen molar-refractivity contribution in [2.75, 3.05) is 11.1 Å². The molecule has 0 radical (unpaired) electrons. The zero-order valence-electron chi connectivity index (χ0n) is 18.8. The number of benzene rings is 2. The van der Waals surface area contributed by atoms with Crippen molar-refractivity contribution in [2.45, 2.75) is 6.92 Å². The highest BCUT2D eigenvalue weighted by Gasteiger charge is 2.22. The quantitative estimate of drug-likeness (QED) is 0.334. The van der Waals surface area contributed by atoms with Crippen LogP contribution < -0.4 is 11.1 Å². The van der Waals surface area contributed by atoms with Gasteiger partial charge in [-0.3, -0.25) is 9.89 Å². The fourth-order valence-electron chi connectivity index (χ4n) is 4.08. The van der Waals surface area contributed by atoms with Crippen LogP contribution in [0.15, 0.2) is 79.3 Å². The lowest BCUT2D eigenvalue weighted by Gasteiger charge is -2.11. The second kappa shape index (κ2) is 8.32. The molecule has 0 spiro atoms. The number of nitrogens with one attached hydrogen (secondary N) is 2. The summed E-state index contributed by atoms with van der Waals surface area (Å²) in [6, 6.07) is 17.8. The Morgan fingerprint density at radius 2 is 1.68 bits per heavy atom. The molecule has 0 aliphatic rings. The fraction of sp³-hybridized carbons (Fsp3) is 0.0769. The first kappa shape index (κ1) is 21.1. The zero-order chi connectivity index (χ0) is 23.8. The van der Waals surface area contributed by atoms with Crippen LogP contribution in [0.25, 0.3) is 44.7 Å². The van der Waals surface area contributed by atoms with E-state index in [-0.39, 0.29) is 5.91 Å². The number of hydrogen-bond acceptors (Lipinski definition) is 5. The van der Waals surface area contributed by atoms with Crippen molar-refractivity contribution in [3.05, 3.63) is 79.3 Å². The van der Waals surface area contributed by atoms with E-state index >= 15 is 0 Å². The molecule has 5 rings (SSSR count). The van der Waals surface area contributed by atoms with Gasteiger partial charge in [0, 0.05) is 30.1 Å². The van der Waals surface area contributed by atoms with Crippen LogP contribution in [-0.2, 0) is 11.8 Å². The van der Waals surface area contributed by atoms with Crippen LogP contribution in [-0.4, -0.2) is 30.6 Å². The van der Waals surface area contributed by atoms with E-state index in [1.807, 2.05) is 54.1 Å². The number of hydrogen-bond donors (Lipinski definition) is 3. The number of nitrogen functional groups attached to an aromatic ring is 1. The van der Waals surface area contributed by atoms with E-state index in [0.29, 0.717) is 17.1 Å². The molecule has 0 fully saturated rings. The average Bonchev–Trinajstić information content (AvgIpc) is 3.47. The Morgan fingerprint density at radius 3 is 2.32 bits per heavy atom. The summed E-state index contributed by atoms with van der Waals surface area (Å²) in [7, 11) is 1.96. The molecule has 0 aliphatic carbocycles. The van der Waals surface area contributed by atoms with E-state index in [1.54, 1.807) is 13.1 Å². The maximum absolute atomic E-state index is 12.0. The second-order valence-electron chi connectivity index (χ2n) is 8.10. The molecule has 0 saturated carbocycles. The average molecular weight is 450 g/mol. The molecule has 2 aromatic carbocycles. The van der Waals surface area contributed by atoms with Gasteiger partial charge in [-0.2, -0.15) is 5.10 Å². The van der Waals surface area contributed by atoms with E-state index in [0.717, 1.165) is 44.7 Å². The lowest BCUT2D eigenvalue weighted by atomic mass is 9.97. The van der Waals surface area contributed by atoms with E-state index in [1.165, 1.54) is 6.33 Å². The summed E-state index contributed by atoms with van der Waals surface area (Å²) in [5.74, 6) is 0.211. The van der Waals surface area contributed by atoms with Gasteiger partial charge in [-0.05, 0) is 41.8 Å². The first-order valence-corrected chi connectivity index (χ1v) is 10.7. The van der Waals surface area contributed by atoms with E-state index in [4.69, 9.17) is 5.73 Å². The number of aromatic nitrogens is 5. The molecule has 34 heavy (non-hydrogen) atoms. The molecule has 5 aromatic rings. The largest absolute Gasteiger partial charge is 0.383 e. The Bertz CT molecular complexity index is 1510. The van der Waals surface area contributed by atoms with Crippen molar-refractivity contribution in [3.63, 3.8) is 0 Å². The Hall–Kier alpha value is -4.72. The number of H-pyrrole nitrogens is 1. The number of aromatic amines is 1. The molecular weight excluding hydrogens is 426 g/mol. The third-order valence-electron chi connectivity index (χ3n) is 5.79. The molecule has 0 saturated heterocycles. The number of rotatable bonds is 5. The lowest BCUT2D eigenvalue weighted by Crippen LogP contribution is -2.11. The van der Waals surface area contributed by atoms with Crippen LogP contribution >= 0.6 is 0 Å². The second-order valence-corrected chi connectivity index (χ2v) is 8.10. The van der Waals surface area contributed by atoms with Crippen molar-refractivity contribution in [1.29, 1.82) is 0 Å². The van der Waals surface area contributed by atoms with Gasteiger partial charge in [-0.15, -0.1) is 0 Å². The number of nitrogens with zero attached hydrogens (tertiary/aromatic N) is 4. The molecule has 3 aromatic heterocycles. The first-order chi connectivity index (χ1) is 16.4. The predicted molar refractivity (Wildman–Crippen MR) is 135 cm³/mol. The maximum Gasteiger partial charge on any atom is 0.250 e. The highest BCUT2D eigenvalue weighted by Crippen LogP contribution is 2.42. The molecule has 0 aliphatic heterocycles. The van der Waals surface area contributed by atoms with Crippen molar-refractivity contribution in [2.24, 2.45) is 7.05 Å². The molecule has 0 atom stereocenters. The summed E-state index contributed by atoms with van der Waals surface area (Å²) in [5, 5.41) is 10.7. The number of carbonyl (C=O) groups excluding carboxylic acids is 1. The number of nitrogens with two attached hydrogens (primary N) is 1. The summed E-state index contributed by atoms with van der Waals surface area (Å²) >= 11 is 0. The molecule has 168 valence electrons. The van der Waals surface area contributed by atoms with Crippen LogP contribution in [0, 0.1) is 0 Å². The molecule has 8 nitrogen and oxygen atoms in total. The molecule has 8 heteroatoms. The first-order valence-electron chi connectivity index (χ1n) is 10.7. The minimum Gasteiger partial charge on any atom is -0.383 e. The molecule has 1 amide bonds. The number of carbonyl (C=O) groups is 1. The lowest BCUT2D eigenvalue weighted by molar-refractivity contribution is -0.112. The maximum atomic E-state index is 12.0. The topological polar surface area (TPSA) is 115 Å². The summed E-state index contributed by atoms with van der Waals surface area (Å²) in [5.41, 5.74) is 14.1. The van der Waals surface area contributed by atoms with Crippen molar-refractivity contribution >= 4 is 28.4 Å². The van der Waals surface area contributed by atoms with E-state index in [2.05, 4.69) is 44.2 Å². The Morgan fingerprint density at radius 1 is 1.00 bits per heavy atom. The summed E-state index contributed by atoms with van der Waals surface area (Å²) < 4.78 is 2.02. The highest BCUT2D eigenvalue weighted by molar-refractivity contribution is 6.08. The minimum absolute atomic E-state index is 0.210. The van der Waals surface area contributed by atoms with Gasteiger partial charge in [-0.25, -0.2) is 9.97 Å².